The largest absolute Gasteiger partial charge is 0.465 e. The third-order valence-electron chi connectivity index (χ3n) is 5.10. The van der Waals surface area contributed by atoms with E-state index in [1.54, 1.807) is 29.2 Å². The number of benzene rings is 2. The number of carbonyl (C=O) groups excluding carboxylic acids is 2. The number of ether oxygens (including phenoxy) is 1. The molecule has 0 saturated carbocycles. The number of esters is 1. The average molecular weight is 426 g/mol. The van der Waals surface area contributed by atoms with Gasteiger partial charge in [0.1, 0.15) is 0 Å². The standard InChI is InChI=1S/C23H27N3O3S/c1-5-25(6-2)13-14-26(23-24-19-12-7-16(3)15-20(19)30-23)21(27)17-8-10-18(11-9-17)22(28)29-4/h7-12,15H,5-6,13-14H2,1-4H3. The maximum Gasteiger partial charge on any atom is 0.337 e. The highest BCUT2D eigenvalue weighted by Gasteiger charge is 2.22. The zero-order valence-corrected chi connectivity index (χ0v) is 18.7. The van der Waals surface area contributed by atoms with E-state index in [-0.39, 0.29) is 5.91 Å². The summed E-state index contributed by atoms with van der Waals surface area (Å²) in [4.78, 5) is 33.8. The summed E-state index contributed by atoms with van der Waals surface area (Å²) in [7, 11) is 1.34. The summed E-state index contributed by atoms with van der Waals surface area (Å²) < 4.78 is 5.80. The van der Waals surface area contributed by atoms with Crippen molar-refractivity contribution in [3.05, 3.63) is 59.2 Å². The zero-order chi connectivity index (χ0) is 21.7. The van der Waals surface area contributed by atoms with Gasteiger partial charge in [0.25, 0.3) is 5.91 Å². The molecule has 6 nitrogen and oxygen atoms in total. The highest BCUT2D eigenvalue weighted by molar-refractivity contribution is 7.22. The van der Waals surface area contributed by atoms with Crippen LogP contribution in [0.3, 0.4) is 0 Å². The lowest BCUT2D eigenvalue weighted by atomic mass is 10.1. The van der Waals surface area contributed by atoms with Crippen molar-refractivity contribution in [1.29, 1.82) is 0 Å². The Labute approximate surface area is 181 Å². The molecule has 1 aromatic heterocycles. The molecule has 0 spiro atoms. The van der Waals surface area contributed by atoms with Crippen LogP contribution in [0.25, 0.3) is 10.2 Å². The molecule has 0 unspecified atom stereocenters. The normalized spacial score (nSPS) is 11.1. The van der Waals surface area contributed by atoms with Gasteiger partial charge in [0.2, 0.25) is 0 Å². The lowest BCUT2D eigenvalue weighted by Gasteiger charge is -2.24. The van der Waals surface area contributed by atoms with Crippen molar-refractivity contribution in [3.63, 3.8) is 0 Å². The number of anilines is 1. The molecule has 0 radical (unpaired) electrons. The van der Waals surface area contributed by atoms with Crippen molar-refractivity contribution in [2.24, 2.45) is 0 Å². The van der Waals surface area contributed by atoms with E-state index in [1.807, 2.05) is 19.1 Å². The fourth-order valence-electron chi connectivity index (χ4n) is 3.22. The maximum atomic E-state index is 13.4. The third-order valence-corrected chi connectivity index (χ3v) is 6.14. The molecule has 3 rings (SSSR count). The van der Waals surface area contributed by atoms with Crippen molar-refractivity contribution in [2.45, 2.75) is 20.8 Å². The van der Waals surface area contributed by atoms with Crippen LogP contribution in [0.4, 0.5) is 5.13 Å². The van der Waals surface area contributed by atoms with Gasteiger partial charge in [-0.2, -0.15) is 0 Å². The van der Waals surface area contributed by atoms with E-state index in [0.717, 1.165) is 35.4 Å². The number of methoxy groups -OCH3 is 1. The summed E-state index contributed by atoms with van der Waals surface area (Å²) in [6.07, 6.45) is 0. The summed E-state index contributed by atoms with van der Waals surface area (Å²) in [5.74, 6) is -0.553. The highest BCUT2D eigenvalue weighted by atomic mass is 32.1. The number of hydrogen-bond donors (Lipinski definition) is 0. The molecular weight excluding hydrogens is 398 g/mol. The van der Waals surface area contributed by atoms with Crippen LogP contribution < -0.4 is 4.90 Å². The molecule has 0 aliphatic rings. The van der Waals surface area contributed by atoms with E-state index < -0.39 is 5.97 Å². The molecule has 0 atom stereocenters. The molecule has 0 N–H and O–H groups in total. The lowest BCUT2D eigenvalue weighted by Crippen LogP contribution is -2.38. The molecule has 0 saturated heterocycles. The summed E-state index contributed by atoms with van der Waals surface area (Å²) in [5.41, 5.74) is 2.98. The molecule has 7 heteroatoms. The third kappa shape index (κ3) is 4.86. The van der Waals surface area contributed by atoms with Gasteiger partial charge >= 0.3 is 5.97 Å². The van der Waals surface area contributed by atoms with Crippen molar-refractivity contribution in [3.8, 4) is 0 Å². The predicted molar refractivity (Wildman–Crippen MR) is 122 cm³/mol. The van der Waals surface area contributed by atoms with E-state index in [2.05, 4.69) is 24.8 Å². The molecule has 1 heterocycles. The van der Waals surface area contributed by atoms with Gasteiger partial charge in [-0.1, -0.05) is 31.3 Å². The minimum absolute atomic E-state index is 0.130. The number of likely N-dealkylation sites (N-methyl/N-ethyl adjacent to an activating group) is 1. The molecule has 3 aromatic rings. The van der Waals surface area contributed by atoms with Gasteiger partial charge in [0.15, 0.2) is 5.13 Å². The molecule has 0 aliphatic carbocycles. The van der Waals surface area contributed by atoms with E-state index >= 15 is 0 Å². The van der Waals surface area contributed by atoms with Crippen LogP contribution in [0.1, 0.15) is 40.1 Å². The van der Waals surface area contributed by atoms with Gasteiger partial charge in [-0.05, 0) is 62.0 Å². The Morgan fingerprint density at radius 2 is 1.67 bits per heavy atom. The van der Waals surface area contributed by atoms with Crippen molar-refractivity contribution >= 4 is 38.6 Å². The molecule has 1 amide bonds. The quantitative estimate of drug-likeness (QED) is 0.501. The summed E-state index contributed by atoms with van der Waals surface area (Å²) in [5, 5.41) is 0.685. The lowest BCUT2D eigenvalue weighted by molar-refractivity contribution is 0.0600. The Balaban J connectivity index is 1.93. The highest BCUT2D eigenvalue weighted by Crippen LogP contribution is 2.30. The van der Waals surface area contributed by atoms with Gasteiger partial charge in [-0.25, -0.2) is 9.78 Å². The smallest absolute Gasteiger partial charge is 0.337 e. The van der Waals surface area contributed by atoms with Gasteiger partial charge in [-0.3, -0.25) is 9.69 Å². The Bertz CT molecular complexity index is 1030. The average Bonchev–Trinajstić information content (AvgIpc) is 3.18. The summed E-state index contributed by atoms with van der Waals surface area (Å²) in [6, 6.07) is 12.7. The van der Waals surface area contributed by atoms with Crippen LogP contribution in [0, 0.1) is 6.92 Å². The molecule has 0 fully saturated rings. The topological polar surface area (TPSA) is 62.7 Å². The molecule has 30 heavy (non-hydrogen) atoms. The first kappa shape index (κ1) is 21.9. The molecule has 0 bridgehead atoms. The van der Waals surface area contributed by atoms with E-state index in [4.69, 9.17) is 9.72 Å². The fourth-order valence-corrected chi connectivity index (χ4v) is 4.31. The van der Waals surface area contributed by atoms with Gasteiger partial charge in [0, 0.05) is 18.7 Å². The minimum Gasteiger partial charge on any atom is -0.465 e. The number of rotatable bonds is 8. The number of nitrogens with zero attached hydrogens (tertiary/aromatic N) is 3. The van der Waals surface area contributed by atoms with E-state index in [9.17, 15) is 9.59 Å². The number of carbonyl (C=O) groups is 2. The number of amides is 1. The van der Waals surface area contributed by atoms with Crippen molar-refractivity contribution in [1.82, 2.24) is 9.88 Å². The second-order valence-electron chi connectivity index (χ2n) is 7.02. The second-order valence-corrected chi connectivity index (χ2v) is 8.03. The van der Waals surface area contributed by atoms with Gasteiger partial charge in [-0.15, -0.1) is 0 Å². The van der Waals surface area contributed by atoms with E-state index in [0.29, 0.717) is 22.8 Å². The predicted octanol–water partition coefficient (Wildman–Crippen LogP) is 4.38. The SMILES string of the molecule is CCN(CC)CCN(C(=O)c1ccc(C(=O)OC)cc1)c1nc2ccc(C)cc2s1. The fraction of sp³-hybridized carbons (Fsp3) is 0.348. The first-order valence-electron chi connectivity index (χ1n) is 10.1. The number of hydrogen-bond acceptors (Lipinski definition) is 6. The van der Waals surface area contributed by atoms with Gasteiger partial charge < -0.3 is 9.64 Å². The Kier molecular flexibility index (Phi) is 7.18. The van der Waals surface area contributed by atoms with Crippen molar-refractivity contribution in [2.75, 3.05) is 38.2 Å². The van der Waals surface area contributed by atoms with E-state index in [1.165, 1.54) is 18.4 Å². The number of thiazole rings is 1. The number of aromatic nitrogens is 1. The first-order valence-corrected chi connectivity index (χ1v) is 10.9. The van der Waals surface area contributed by atoms with Crippen LogP contribution in [-0.2, 0) is 4.74 Å². The maximum absolute atomic E-state index is 13.4. The van der Waals surface area contributed by atoms with Crippen molar-refractivity contribution < 1.29 is 14.3 Å². The monoisotopic (exact) mass is 425 g/mol. The first-order chi connectivity index (χ1) is 14.5. The summed E-state index contributed by atoms with van der Waals surface area (Å²) >= 11 is 1.52. The van der Waals surface area contributed by atoms with Crippen LogP contribution in [-0.4, -0.2) is 55.0 Å². The molecule has 158 valence electrons. The van der Waals surface area contributed by atoms with Crippen LogP contribution in [0.5, 0.6) is 0 Å². The number of aryl methyl sites for hydroxylation is 1. The Morgan fingerprint density at radius 3 is 2.30 bits per heavy atom. The minimum atomic E-state index is -0.422. The second kappa shape index (κ2) is 9.82. The Morgan fingerprint density at radius 1 is 1.00 bits per heavy atom. The molecule has 2 aromatic carbocycles. The Hall–Kier alpha value is -2.77. The van der Waals surface area contributed by atoms with Crippen LogP contribution >= 0.6 is 11.3 Å². The van der Waals surface area contributed by atoms with Crippen LogP contribution in [0.2, 0.25) is 0 Å². The van der Waals surface area contributed by atoms with Crippen LogP contribution in [0.15, 0.2) is 42.5 Å². The molecule has 0 aliphatic heterocycles. The zero-order valence-electron chi connectivity index (χ0n) is 17.8. The molecular formula is C23H27N3O3S. The van der Waals surface area contributed by atoms with Gasteiger partial charge in [0.05, 0.1) is 22.9 Å². The number of fused-ring (bicyclic) bond motifs is 1. The summed E-state index contributed by atoms with van der Waals surface area (Å²) in [6.45, 7) is 9.41.